The van der Waals surface area contributed by atoms with Gasteiger partial charge in [0.05, 0.1) is 5.56 Å². The molecule has 2 aromatic heterocycles. The van der Waals surface area contributed by atoms with Crippen molar-refractivity contribution in [3.8, 4) is 11.4 Å². The van der Waals surface area contributed by atoms with E-state index in [9.17, 15) is 8.42 Å². The van der Waals surface area contributed by atoms with E-state index < -0.39 is 14.2 Å². The highest BCUT2D eigenvalue weighted by molar-refractivity contribution is 8.13. The van der Waals surface area contributed by atoms with E-state index in [4.69, 9.17) is 10.7 Å². The van der Waals surface area contributed by atoms with Crippen LogP contribution in [-0.2, 0) is 9.05 Å². The van der Waals surface area contributed by atoms with E-state index in [1.807, 2.05) is 0 Å². The first-order valence-electron chi connectivity index (χ1n) is 3.70. The van der Waals surface area contributed by atoms with Gasteiger partial charge in [-0.25, -0.2) is 23.5 Å². The minimum absolute atomic E-state index is 0.176. The number of aromatic nitrogens is 5. The molecule has 15 heavy (non-hydrogen) atoms. The van der Waals surface area contributed by atoms with Gasteiger partial charge in [0.15, 0.2) is 5.82 Å². The summed E-state index contributed by atoms with van der Waals surface area (Å²) in [6, 6.07) is 0. The SMILES string of the molecule is O=S(=O)(Cl)c1nc(-c2cncnc2)n[nH]1. The molecular weight excluding hydrogens is 242 g/mol. The van der Waals surface area contributed by atoms with E-state index in [1.54, 1.807) is 0 Å². The molecule has 0 aromatic carbocycles. The summed E-state index contributed by atoms with van der Waals surface area (Å²) in [5.41, 5.74) is 0.500. The first-order chi connectivity index (χ1) is 7.07. The topological polar surface area (TPSA) is 101 Å². The zero-order valence-corrected chi connectivity index (χ0v) is 8.70. The molecule has 9 heteroatoms. The zero-order valence-electron chi connectivity index (χ0n) is 7.12. The monoisotopic (exact) mass is 245 g/mol. The van der Waals surface area contributed by atoms with Gasteiger partial charge in [0.25, 0.3) is 14.2 Å². The third kappa shape index (κ3) is 2.10. The Morgan fingerprint density at radius 1 is 1.27 bits per heavy atom. The molecule has 0 aliphatic carbocycles. The van der Waals surface area contributed by atoms with Crippen molar-refractivity contribution in [1.29, 1.82) is 0 Å². The molecule has 2 aromatic rings. The third-order valence-corrected chi connectivity index (χ3v) is 2.60. The van der Waals surface area contributed by atoms with Crippen molar-refractivity contribution in [2.24, 2.45) is 0 Å². The molecule has 0 aliphatic heterocycles. The highest BCUT2D eigenvalue weighted by atomic mass is 35.7. The fraction of sp³-hybridized carbons (Fsp3) is 0. The maximum absolute atomic E-state index is 10.9. The van der Waals surface area contributed by atoms with Crippen molar-refractivity contribution in [3.05, 3.63) is 18.7 Å². The van der Waals surface area contributed by atoms with Crippen LogP contribution in [0.15, 0.2) is 23.9 Å². The van der Waals surface area contributed by atoms with Gasteiger partial charge in [-0.15, -0.1) is 0 Å². The van der Waals surface area contributed by atoms with E-state index in [-0.39, 0.29) is 5.82 Å². The minimum atomic E-state index is -3.89. The van der Waals surface area contributed by atoms with E-state index in [2.05, 4.69) is 25.1 Å². The summed E-state index contributed by atoms with van der Waals surface area (Å²) in [6.45, 7) is 0. The smallest absolute Gasteiger partial charge is 0.248 e. The minimum Gasteiger partial charge on any atom is -0.248 e. The van der Waals surface area contributed by atoms with Crippen LogP contribution in [0.4, 0.5) is 0 Å². The van der Waals surface area contributed by atoms with Crippen LogP contribution in [-0.4, -0.2) is 33.6 Å². The van der Waals surface area contributed by atoms with Gasteiger partial charge in [-0.1, -0.05) is 0 Å². The predicted octanol–water partition coefficient (Wildman–Crippen LogP) is 0.189. The van der Waals surface area contributed by atoms with Gasteiger partial charge in [-0.05, 0) is 0 Å². The average Bonchev–Trinajstić information content (AvgIpc) is 2.67. The van der Waals surface area contributed by atoms with Gasteiger partial charge in [-0.2, -0.15) is 10.1 Å². The van der Waals surface area contributed by atoms with E-state index in [0.29, 0.717) is 5.56 Å². The van der Waals surface area contributed by atoms with Gasteiger partial charge in [0.1, 0.15) is 6.33 Å². The fourth-order valence-electron chi connectivity index (χ4n) is 0.900. The molecule has 2 rings (SSSR count). The predicted molar refractivity (Wildman–Crippen MR) is 50.4 cm³/mol. The second-order valence-electron chi connectivity index (χ2n) is 2.53. The van der Waals surface area contributed by atoms with Crippen molar-refractivity contribution >= 4 is 19.7 Å². The Labute approximate surface area is 89.0 Å². The van der Waals surface area contributed by atoms with E-state index in [0.717, 1.165) is 0 Å². The number of hydrogen-bond acceptors (Lipinski definition) is 6. The molecular formula is C6H4ClN5O2S. The Balaban J connectivity index is 2.46. The molecule has 0 saturated carbocycles. The van der Waals surface area contributed by atoms with E-state index in [1.165, 1.54) is 18.7 Å². The first kappa shape index (κ1) is 9.99. The highest BCUT2D eigenvalue weighted by Gasteiger charge is 2.16. The Kier molecular flexibility index (Phi) is 2.37. The molecule has 0 spiro atoms. The summed E-state index contributed by atoms with van der Waals surface area (Å²) in [5.74, 6) is 0.176. The number of hydrogen-bond donors (Lipinski definition) is 1. The van der Waals surface area contributed by atoms with Gasteiger partial charge >= 0.3 is 0 Å². The van der Waals surface area contributed by atoms with Crippen molar-refractivity contribution < 1.29 is 8.42 Å². The lowest BCUT2D eigenvalue weighted by atomic mass is 10.3. The molecule has 0 atom stereocenters. The molecule has 0 amide bonds. The van der Waals surface area contributed by atoms with Crippen LogP contribution in [0.25, 0.3) is 11.4 Å². The third-order valence-electron chi connectivity index (χ3n) is 1.51. The molecule has 0 unspecified atom stereocenters. The lowest BCUT2D eigenvalue weighted by Gasteiger charge is -1.89. The Hall–Kier alpha value is -1.54. The molecule has 0 radical (unpaired) electrons. The number of aromatic amines is 1. The Bertz CT molecular complexity index is 566. The number of nitrogens with one attached hydrogen (secondary N) is 1. The second-order valence-corrected chi connectivity index (χ2v) is 5.01. The number of nitrogens with zero attached hydrogens (tertiary/aromatic N) is 4. The van der Waals surface area contributed by atoms with Crippen LogP contribution in [0.2, 0.25) is 0 Å². The van der Waals surface area contributed by atoms with Crippen LogP contribution < -0.4 is 0 Å². The Morgan fingerprint density at radius 2 is 1.93 bits per heavy atom. The number of rotatable bonds is 2. The molecule has 0 saturated heterocycles. The van der Waals surface area contributed by atoms with Crippen LogP contribution in [0.5, 0.6) is 0 Å². The largest absolute Gasteiger partial charge is 0.296 e. The molecule has 0 aliphatic rings. The van der Waals surface area contributed by atoms with Crippen LogP contribution >= 0.6 is 10.7 Å². The Morgan fingerprint density at radius 3 is 2.47 bits per heavy atom. The molecule has 7 nitrogen and oxygen atoms in total. The van der Waals surface area contributed by atoms with Gasteiger partial charge < -0.3 is 0 Å². The van der Waals surface area contributed by atoms with Crippen LogP contribution in [0.3, 0.4) is 0 Å². The second kappa shape index (κ2) is 3.55. The fourth-order valence-corrected chi connectivity index (χ4v) is 1.46. The number of halogens is 1. The summed E-state index contributed by atoms with van der Waals surface area (Å²) in [7, 11) is 1.18. The van der Waals surface area contributed by atoms with Crippen molar-refractivity contribution in [2.45, 2.75) is 5.16 Å². The number of H-pyrrole nitrogens is 1. The summed E-state index contributed by atoms with van der Waals surface area (Å²) < 4.78 is 21.8. The zero-order chi connectivity index (χ0) is 10.9. The van der Waals surface area contributed by atoms with Gasteiger partial charge in [-0.3, -0.25) is 0 Å². The maximum atomic E-state index is 10.9. The molecule has 78 valence electrons. The molecule has 2 heterocycles. The standard InChI is InChI=1S/C6H4ClN5O2S/c7-15(13,14)6-10-5(11-12-6)4-1-8-3-9-2-4/h1-3H,(H,10,11,12). The quantitative estimate of drug-likeness (QED) is 0.758. The lowest BCUT2D eigenvalue weighted by molar-refractivity contribution is 0.602. The van der Waals surface area contributed by atoms with E-state index >= 15 is 0 Å². The lowest BCUT2D eigenvalue weighted by Crippen LogP contribution is -1.92. The van der Waals surface area contributed by atoms with Crippen molar-refractivity contribution in [2.75, 3.05) is 0 Å². The summed E-state index contributed by atoms with van der Waals surface area (Å²) in [4.78, 5) is 11.2. The maximum Gasteiger partial charge on any atom is 0.296 e. The summed E-state index contributed by atoms with van der Waals surface area (Å²) >= 11 is 0. The van der Waals surface area contributed by atoms with Crippen molar-refractivity contribution in [3.63, 3.8) is 0 Å². The van der Waals surface area contributed by atoms with Crippen LogP contribution in [0, 0.1) is 0 Å². The summed E-state index contributed by atoms with van der Waals surface area (Å²) in [6.07, 6.45) is 4.26. The first-order valence-corrected chi connectivity index (χ1v) is 6.01. The van der Waals surface area contributed by atoms with Crippen molar-refractivity contribution in [1.82, 2.24) is 25.1 Å². The van der Waals surface area contributed by atoms with Gasteiger partial charge in [0, 0.05) is 23.1 Å². The van der Waals surface area contributed by atoms with Crippen LogP contribution in [0.1, 0.15) is 0 Å². The average molecular weight is 246 g/mol. The molecule has 1 N–H and O–H groups in total. The van der Waals surface area contributed by atoms with Gasteiger partial charge in [0.2, 0.25) is 0 Å². The molecule has 0 bridgehead atoms. The summed E-state index contributed by atoms with van der Waals surface area (Å²) in [5, 5.41) is 5.48. The highest BCUT2D eigenvalue weighted by Crippen LogP contribution is 2.15. The normalized spacial score (nSPS) is 11.5. The molecule has 0 fully saturated rings.